The molecule has 9 heteroatoms. The molecule has 1 N–H and O–H groups in total. The number of nitrogens with zero attached hydrogens (tertiary/aromatic N) is 3. The first-order valence-corrected chi connectivity index (χ1v) is 12.6. The summed E-state index contributed by atoms with van der Waals surface area (Å²) in [6.45, 7) is 4.13. The molecule has 0 bridgehead atoms. The number of aromatic hydroxyl groups is 1. The number of carbonyl (C=O) groups is 1. The maximum Gasteiger partial charge on any atom is 0.271 e. The highest BCUT2D eigenvalue weighted by atomic mass is 79.9. The monoisotopic (exact) mass is 551 g/mol. The first-order chi connectivity index (χ1) is 16.8. The summed E-state index contributed by atoms with van der Waals surface area (Å²) >= 11 is 4.30. The van der Waals surface area contributed by atoms with Gasteiger partial charge in [-0.05, 0) is 82.0 Å². The van der Waals surface area contributed by atoms with Gasteiger partial charge in [-0.25, -0.2) is 4.99 Å². The van der Waals surface area contributed by atoms with Crippen molar-refractivity contribution in [3.8, 4) is 5.75 Å². The molecule has 3 aromatic carbocycles. The summed E-state index contributed by atoms with van der Waals surface area (Å²) in [6.07, 6.45) is 3.24. The van der Waals surface area contributed by atoms with E-state index in [1.54, 1.807) is 0 Å². The van der Waals surface area contributed by atoms with Crippen LogP contribution < -0.4 is 4.90 Å². The first-order valence-electron chi connectivity index (χ1n) is 11.0. The van der Waals surface area contributed by atoms with Crippen molar-refractivity contribution in [2.45, 2.75) is 26.7 Å². The van der Waals surface area contributed by atoms with Crippen LogP contribution in [-0.2, 0) is 17.6 Å². The number of nitro benzene ring substituents is 1. The maximum atomic E-state index is 13.5. The van der Waals surface area contributed by atoms with Gasteiger partial charge in [0.15, 0.2) is 5.17 Å². The van der Waals surface area contributed by atoms with Crippen molar-refractivity contribution in [3.63, 3.8) is 0 Å². The highest BCUT2D eigenvalue weighted by molar-refractivity contribution is 9.10. The van der Waals surface area contributed by atoms with E-state index in [0.29, 0.717) is 16.5 Å². The molecule has 0 spiro atoms. The number of non-ortho nitro benzene ring substituents is 1. The van der Waals surface area contributed by atoms with Crippen molar-refractivity contribution in [2.24, 2.45) is 4.99 Å². The van der Waals surface area contributed by atoms with E-state index >= 15 is 0 Å². The number of thioether (sulfide) groups is 1. The van der Waals surface area contributed by atoms with Crippen LogP contribution in [-0.4, -0.2) is 21.1 Å². The largest absolute Gasteiger partial charge is 0.506 e. The maximum absolute atomic E-state index is 13.5. The van der Waals surface area contributed by atoms with Gasteiger partial charge in [-0.2, -0.15) is 0 Å². The highest BCUT2D eigenvalue weighted by Gasteiger charge is 2.35. The number of carbonyl (C=O) groups excluding carboxylic acids is 1. The number of hydrogen-bond donors (Lipinski definition) is 1. The molecule has 0 saturated carbocycles. The van der Waals surface area contributed by atoms with Crippen molar-refractivity contribution in [1.82, 2.24) is 0 Å². The molecule has 1 aliphatic rings. The predicted octanol–water partition coefficient (Wildman–Crippen LogP) is 7.00. The summed E-state index contributed by atoms with van der Waals surface area (Å²) in [5.41, 5.74) is 3.66. The van der Waals surface area contributed by atoms with Gasteiger partial charge in [0.2, 0.25) is 0 Å². The molecule has 35 heavy (non-hydrogen) atoms. The Morgan fingerprint density at radius 1 is 1.06 bits per heavy atom. The summed E-state index contributed by atoms with van der Waals surface area (Å²) in [6, 6.07) is 17.9. The van der Waals surface area contributed by atoms with Crippen molar-refractivity contribution < 1.29 is 14.8 Å². The number of anilines is 1. The molecule has 0 radical (unpaired) electrons. The molecule has 1 aliphatic heterocycles. The molecule has 1 amide bonds. The van der Waals surface area contributed by atoms with Gasteiger partial charge < -0.3 is 5.11 Å². The Kier molecular flexibility index (Phi) is 7.37. The summed E-state index contributed by atoms with van der Waals surface area (Å²) < 4.78 is 0.172. The van der Waals surface area contributed by atoms with E-state index in [4.69, 9.17) is 4.99 Å². The van der Waals surface area contributed by atoms with Crippen LogP contribution in [0, 0.1) is 10.1 Å². The van der Waals surface area contributed by atoms with E-state index < -0.39 is 4.92 Å². The third-order valence-corrected chi connectivity index (χ3v) is 7.13. The zero-order chi connectivity index (χ0) is 25.1. The third-order valence-electron chi connectivity index (χ3n) is 5.55. The second kappa shape index (κ2) is 10.5. The van der Waals surface area contributed by atoms with Crippen molar-refractivity contribution in [1.29, 1.82) is 0 Å². The molecule has 178 valence electrons. The second-order valence-electron chi connectivity index (χ2n) is 7.81. The number of phenols is 1. The Balaban J connectivity index is 1.80. The number of rotatable bonds is 6. The van der Waals surface area contributed by atoms with Crippen LogP contribution in [0.15, 0.2) is 75.0 Å². The minimum Gasteiger partial charge on any atom is -0.506 e. The average Bonchev–Trinajstić information content (AvgIpc) is 3.16. The number of hydrogen-bond acceptors (Lipinski definition) is 6. The minimum atomic E-state index is -0.551. The van der Waals surface area contributed by atoms with E-state index in [-0.39, 0.29) is 32.3 Å². The molecule has 4 rings (SSSR count). The number of phenolic OH excluding ortho intramolecular Hbond substituents is 1. The molecule has 1 saturated heterocycles. The van der Waals surface area contributed by atoms with Gasteiger partial charge in [0.1, 0.15) is 5.75 Å². The summed E-state index contributed by atoms with van der Waals surface area (Å²) in [7, 11) is 0. The summed E-state index contributed by atoms with van der Waals surface area (Å²) in [4.78, 5) is 30.8. The number of halogens is 1. The number of amides is 1. The molecule has 7 nitrogen and oxygen atoms in total. The van der Waals surface area contributed by atoms with Crippen LogP contribution in [0.5, 0.6) is 5.75 Å². The molecular formula is C26H22BrN3O4S. The fraction of sp³-hybridized carbons (Fsp3) is 0.154. The van der Waals surface area contributed by atoms with Crippen molar-refractivity contribution in [3.05, 3.63) is 96.8 Å². The van der Waals surface area contributed by atoms with Gasteiger partial charge in [-0.1, -0.05) is 38.1 Å². The zero-order valence-corrected chi connectivity index (χ0v) is 21.5. The molecule has 3 aromatic rings. The lowest BCUT2D eigenvalue weighted by Crippen LogP contribution is -2.28. The number of nitro groups is 1. The summed E-state index contributed by atoms with van der Waals surface area (Å²) in [5, 5.41) is 22.2. The van der Waals surface area contributed by atoms with Gasteiger partial charge in [-0.3, -0.25) is 19.8 Å². The van der Waals surface area contributed by atoms with E-state index in [2.05, 4.69) is 29.8 Å². The Morgan fingerprint density at radius 3 is 2.23 bits per heavy atom. The SMILES string of the molecule is CCc1ccc(N=C2SC(=Cc3cc([N+](=O)[O-])cc(Br)c3O)C(=O)N2c2ccc(CC)cc2)cc1. The Morgan fingerprint density at radius 2 is 1.66 bits per heavy atom. The Hall–Kier alpha value is -3.43. The quantitative estimate of drug-likeness (QED) is 0.202. The second-order valence-corrected chi connectivity index (χ2v) is 9.67. The van der Waals surface area contributed by atoms with Crippen LogP contribution in [0.2, 0.25) is 0 Å². The van der Waals surface area contributed by atoms with E-state index in [9.17, 15) is 20.0 Å². The highest BCUT2D eigenvalue weighted by Crippen LogP contribution is 2.40. The lowest BCUT2D eigenvalue weighted by molar-refractivity contribution is -0.385. The molecule has 0 unspecified atom stereocenters. The van der Waals surface area contributed by atoms with Gasteiger partial charge >= 0.3 is 0 Å². The first kappa shape index (κ1) is 24.7. The normalized spacial score (nSPS) is 15.9. The zero-order valence-electron chi connectivity index (χ0n) is 19.1. The van der Waals surface area contributed by atoms with Gasteiger partial charge in [0.25, 0.3) is 11.6 Å². The molecule has 1 fully saturated rings. The van der Waals surface area contributed by atoms with E-state index in [1.165, 1.54) is 28.7 Å². The average molecular weight is 552 g/mol. The lowest BCUT2D eigenvalue weighted by atomic mass is 10.1. The van der Waals surface area contributed by atoms with Gasteiger partial charge in [0, 0.05) is 17.7 Å². The number of aryl methyl sites for hydroxylation is 2. The summed E-state index contributed by atoms with van der Waals surface area (Å²) in [5.74, 6) is -0.513. The lowest BCUT2D eigenvalue weighted by Gasteiger charge is -2.16. The van der Waals surface area contributed by atoms with Crippen LogP contribution in [0.3, 0.4) is 0 Å². The number of amidine groups is 1. The number of aliphatic imine (C=N–C) groups is 1. The van der Waals surface area contributed by atoms with E-state index in [0.717, 1.165) is 30.2 Å². The molecule has 0 aliphatic carbocycles. The topological polar surface area (TPSA) is 96.0 Å². The van der Waals surface area contributed by atoms with Crippen LogP contribution in [0.25, 0.3) is 6.08 Å². The van der Waals surface area contributed by atoms with E-state index in [1.807, 2.05) is 48.5 Å². The smallest absolute Gasteiger partial charge is 0.271 e. The molecular weight excluding hydrogens is 530 g/mol. The van der Waals surface area contributed by atoms with Crippen molar-refractivity contribution in [2.75, 3.05) is 4.90 Å². The predicted molar refractivity (Wildman–Crippen MR) is 144 cm³/mol. The Labute approximate surface area is 215 Å². The fourth-order valence-corrected chi connectivity index (χ4v) is 4.99. The van der Waals surface area contributed by atoms with Gasteiger partial charge in [0.05, 0.1) is 25.7 Å². The molecule has 0 aromatic heterocycles. The third kappa shape index (κ3) is 5.31. The molecule has 1 heterocycles. The Bertz CT molecular complexity index is 1350. The van der Waals surface area contributed by atoms with Crippen LogP contribution in [0.4, 0.5) is 17.1 Å². The van der Waals surface area contributed by atoms with Crippen molar-refractivity contribution >= 4 is 61.9 Å². The standard InChI is InChI=1S/C26H22BrN3O4S/c1-3-16-5-9-19(10-6-16)28-26-29(20-11-7-17(4-2)8-12-20)25(32)23(35-26)14-18-13-21(30(33)34)15-22(27)24(18)31/h5-15,31H,3-4H2,1-2H3. The fourth-order valence-electron chi connectivity index (χ4n) is 3.54. The number of benzene rings is 3. The van der Waals surface area contributed by atoms with Gasteiger partial charge in [-0.15, -0.1) is 0 Å². The minimum absolute atomic E-state index is 0.164. The molecule has 0 atom stereocenters. The van der Waals surface area contributed by atoms with Crippen LogP contribution >= 0.6 is 27.7 Å². The van der Waals surface area contributed by atoms with Crippen LogP contribution in [0.1, 0.15) is 30.5 Å².